The Morgan fingerprint density at radius 3 is 2.44 bits per heavy atom. The van der Waals surface area contributed by atoms with Gasteiger partial charge in [0.05, 0.1) is 6.61 Å². The molecule has 0 unspecified atom stereocenters. The second-order valence-electron chi connectivity index (χ2n) is 3.75. The molecule has 0 radical (unpaired) electrons. The smallest absolute Gasteiger partial charge is 0.123 e. The molecule has 0 aromatic heterocycles. The summed E-state index contributed by atoms with van der Waals surface area (Å²) in [6.07, 6.45) is 0. The lowest BCUT2D eigenvalue weighted by Gasteiger charge is -2.09. The molecule has 2 rings (SSSR count). The van der Waals surface area contributed by atoms with Crippen LogP contribution < -0.4 is 4.74 Å². The number of benzene rings is 2. The molecule has 2 aromatic carbocycles. The second kappa shape index (κ2) is 7.49. The van der Waals surface area contributed by atoms with Gasteiger partial charge in [0.1, 0.15) is 5.75 Å². The van der Waals surface area contributed by atoms with E-state index in [2.05, 4.69) is 46.3 Å². The second-order valence-corrected chi connectivity index (χ2v) is 5.48. The Morgan fingerprint density at radius 1 is 0.944 bits per heavy atom. The van der Waals surface area contributed by atoms with Gasteiger partial charge >= 0.3 is 0 Å². The largest absolute Gasteiger partial charge is 0.492 e. The molecule has 0 aliphatic heterocycles. The van der Waals surface area contributed by atoms with Crippen LogP contribution in [0.4, 0.5) is 0 Å². The van der Waals surface area contributed by atoms with Crippen molar-refractivity contribution >= 4 is 27.7 Å². The van der Waals surface area contributed by atoms with Crippen LogP contribution in [0, 0.1) is 0 Å². The minimum Gasteiger partial charge on any atom is -0.492 e. The number of alkyl halides is 1. The Labute approximate surface area is 121 Å². The van der Waals surface area contributed by atoms with E-state index in [4.69, 9.17) is 4.74 Å². The summed E-state index contributed by atoms with van der Waals surface area (Å²) in [6.45, 7) is 0.726. The van der Waals surface area contributed by atoms with Crippen LogP contribution in [0.1, 0.15) is 5.56 Å². The number of hydrogen-bond acceptors (Lipinski definition) is 2. The zero-order valence-electron chi connectivity index (χ0n) is 10.0. The molecule has 2 aromatic rings. The highest BCUT2D eigenvalue weighted by atomic mass is 79.9. The van der Waals surface area contributed by atoms with Crippen LogP contribution in [-0.4, -0.2) is 12.4 Å². The molecule has 0 N–H and O–H groups in total. The van der Waals surface area contributed by atoms with Gasteiger partial charge in [-0.25, -0.2) is 0 Å². The van der Waals surface area contributed by atoms with Crippen molar-refractivity contribution < 1.29 is 4.74 Å². The molecule has 0 saturated carbocycles. The fraction of sp³-hybridized carbons (Fsp3) is 0.200. The van der Waals surface area contributed by atoms with Crippen molar-refractivity contribution in [3.63, 3.8) is 0 Å². The topological polar surface area (TPSA) is 9.23 Å². The van der Waals surface area contributed by atoms with Gasteiger partial charge in [-0.2, -0.15) is 0 Å². The molecule has 94 valence electrons. The van der Waals surface area contributed by atoms with E-state index in [1.54, 1.807) is 0 Å². The molecule has 0 spiro atoms. The maximum absolute atomic E-state index is 5.80. The third-order valence-corrected chi connectivity index (χ3v) is 4.05. The predicted octanol–water partition coefficient (Wildman–Crippen LogP) is 4.75. The Kier molecular flexibility index (Phi) is 5.62. The van der Waals surface area contributed by atoms with Crippen LogP contribution in [0.3, 0.4) is 0 Å². The molecule has 0 aliphatic rings. The number of para-hydroxylation sites is 1. The molecule has 0 aliphatic carbocycles. The third-order valence-electron chi connectivity index (χ3n) is 2.47. The van der Waals surface area contributed by atoms with Crippen LogP contribution in [0.15, 0.2) is 59.5 Å². The number of ether oxygens (including phenoxy) is 1. The first-order valence-electron chi connectivity index (χ1n) is 5.84. The van der Waals surface area contributed by atoms with Crippen LogP contribution in [0.5, 0.6) is 5.75 Å². The normalized spacial score (nSPS) is 10.3. The van der Waals surface area contributed by atoms with Gasteiger partial charge in [-0.1, -0.05) is 52.3 Å². The van der Waals surface area contributed by atoms with Crippen LogP contribution >= 0.6 is 27.7 Å². The summed E-state index contributed by atoms with van der Waals surface area (Å²) in [6, 6.07) is 18.5. The van der Waals surface area contributed by atoms with E-state index in [1.807, 2.05) is 36.0 Å². The highest BCUT2D eigenvalue weighted by molar-refractivity contribution is 9.08. The molecule has 0 atom stereocenters. The Hall–Kier alpha value is -0.930. The first-order chi connectivity index (χ1) is 8.90. The standard InChI is InChI=1S/C15H15BrOS/c16-12-13-6-4-5-9-15(13)17-10-11-18-14-7-2-1-3-8-14/h1-9H,10-12H2. The maximum atomic E-state index is 5.80. The average molecular weight is 323 g/mol. The fourth-order valence-electron chi connectivity index (χ4n) is 1.58. The SMILES string of the molecule is BrCc1ccccc1OCCSc1ccccc1. The summed E-state index contributed by atoms with van der Waals surface area (Å²) >= 11 is 5.29. The number of halogens is 1. The molecule has 1 nitrogen and oxygen atoms in total. The minimum absolute atomic E-state index is 0.726. The first-order valence-corrected chi connectivity index (χ1v) is 7.95. The summed E-state index contributed by atoms with van der Waals surface area (Å²) in [5, 5.41) is 0.828. The van der Waals surface area contributed by atoms with Gasteiger partial charge in [-0.05, 0) is 18.2 Å². The van der Waals surface area contributed by atoms with Crippen molar-refractivity contribution in [2.24, 2.45) is 0 Å². The summed E-state index contributed by atoms with van der Waals surface area (Å²) in [5.41, 5.74) is 1.20. The predicted molar refractivity (Wildman–Crippen MR) is 81.7 cm³/mol. The van der Waals surface area contributed by atoms with E-state index in [9.17, 15) is 0 Å². The van der Waals surface area contributed by atoms with Crippen molar-refractivity contribution in [1.29, 1.82) is 0 Å². The van der Waals surface area contributed by atoms with Gasteiger partial charge in [0.25, 0.3) is 0 Å². The molecule has 0 fully saturated rings. The molecule has 0 saturated heterocycles. The number of rotatable bonds is 6. The van der Waals surface area contributed by atoms with Gasteiger partial charge in [0.15, 0.2) is 0 Å². The lowest BCUT2D eigenvalue weighted by atomic mass is 10.2. The van der Waals surface area contributed by atoms with Crippen LogP contribution in [-0.2, 0) is 5.33 Å². The lowest BCUT2D eigenvalue weighted by molar-refractivity contribution is 0.341. The Balaban J connectivity index is 1.78. The number of hydrogen-bond donors (Lipinski definition) is 0. The van der Waals surface area contributed by atoms with Gasteiger partial charge in [-0.3, -0.25) is 0 Å². The summed E-state index contributed by atoms with van der Waals surface area (Å²) in [4.78, 5) is 1.29. The average Bonchev–Trinajstić information content (AvgIpc) is 2.45. The van der Waals surface area contributed by atoms with Crippen LogP contribution in [0.25, 0.3) is 0 Å². The molecule has 18 heavy (non-hydrogen) atoms. The molecular weight excluding hydrogens is 308 g/mol. The van der Waals surface area contributed by atoms with Crippen molar-refractivity contribution in [3.05, 3.63) is 60.2 Å². The highest BCUT2D eigenvalue weighted by Crippen LogP contribution is 2.21. The number of thioether (sulfide) groups is 1. The zero-order valence-corrected chi connectivity index (χ0v) is 12.4. The minimum atomic E-state index is 0.726. The maximum Gasteiger partial charge on any atom is 0.123 e. The van der Waals surface area contributed by atoms with Gasteiger partial charge < -0.3 is 4.74 Å². The third kappa shape index (κ3) is 4.07. The van der Waals surface area contributed by atoms with E-state index in [0.717, 1.165) is 23.4 Å². The van der Waals surface area contributed by atoms with E-state index < -0.39 is 0 Å². The van der Waals surface area contributed by atoms with Gasteiger partial charge in [-0.15, -0.1) is 11.8 Å². The lowest BCUT2D eigenvalue weighted by Crippen LogP contribution is -2.01. The molecule has 0 heterocycles. The van der Waals surface area contributed by atoms with E-state index >= 15 is 0 Å². The van der Waals surface area contributed by atoms with Gasteiger partial charge in [0.2, 0.25) is 0 Å². The van der Waals surface area contributed by atoms with Crippen molar-refractivity contribution in [1.82, 2.24) is 0 Å². The fourth-order valence-corrected chi connectivity index (χ4v) is 2.80. The molecule has 0 bridgehead atoms. The first kappa shape index (κ1) is 13.5. The molecule has 0 amide bonds. The summed E-state index contributed by atoms with van der Waals surface area (Å²) in [5.74, 6) is 1.93. The van der Waals surface area contributed by atoms with Gasteiger partial charge in [0, 0.05) is 21.5 Å². The van der Waals surface area contributed by atoms with Crippen molar-refractivity contribution in [3.8, 4) is 5.75 Å². The Morgan fingerprint density at radius 2 is 1.67 bits per heavy atom. The highest BCUT2D eigenvalue weighted by Gasteiger charge is 2.01. The van der Waals surface area contributed by atoms with E-state index in [0.29, 0.717) is 0 Å². The molecule has 3 heteroatoms. The summed E-state index contributed by atoms with van der Waals surface area (Å²) in [7, 11) is 0. The van der Waals surface area contributed by atoms with E-state index in [1.165, 1.54) is 10.5 Å². The summed E-state index contributed by atoms with van der Waals surface area (Å²) < 4.78 is 5.80. The van der Waals surface area contributed by atoms with Crippen LogP contribution in [0.2, 0.25) is 0 Å². The monoisotopic (exact) mass is 322 g/mol. The Bertz CT molecular complexity index is 473. The quantitative estimate of drug-likeness (QED) is 0.431. The van der Waals surface area contributed by atoms with Crippen molar-refractivity contribution in [2.75, 3.05) is 12.4 Å². The molecular formula is C15H15BrOS. The van der Waals surface area contributed by atoms with Crippen molar-refractivity contribution in [2.45, 2.75) is 10.2 Å². The van der Waals surface area contributed by atoms with E-state index in [-0.39, 0.29) is 0 Å². The zero-order chi connectivity index (χ0) is 12.6.